The van der Waals surface area contributed by atoms with Gasteiger partial charge < -0.3 is 5.73 Å². The summed E-state index contributed by atoms with van der Waals surface area (Å²) in [5.74, 6) is 3.02. The number of carbonyl (C=O) groups is 1. The Morgan fingerprint density at radius 3 is 2.93 bits per heavy atom. The first-order chi connectivity index (χ1) is 7.13. The molecule has 1 unspecified atom stereocenters. The molecule has 1 aromatic rings. The molecule has 1 aliphatic rings. The summed E-state index contributed by atoms with van der Waals surface area (Å²) in [4.78, 5) is 13.2. The highest BCUT2D eigenvalue weighted by Crippen LogP contribution is 2.28. The topological polar surface area (TPSA) is 75.0 Å². The van der Waals surface area contributed by atoms with Crippen LogP contribution in [0.5, 0.6) is 0 Å². The number of nitrogens with two attached hydrogens (primary N) is 1. The van der Waals surface area contributed by atoms with Gasteiger partial charge in [0.05, 0.1) is 11.4 Å². The number of anilines is 2. The quantitative estimate of drug-likeness (QED) is 0.645. The Morgan fingerprint density at radius 2 is 2.47 bits per heavy atom. The number of terminal acetylenes is 1. The Labute approximate surface area is 87.6 Å². The van der Waals surface area contributed by atoms with E-state index in [1.807, 2.05) is 6.92 Å². The van der Waals surface area contributed by atoms with Crippen molar-refractivity contribution < 1.29 is 4.79 Å². The second-order valence-electron chi connectivity index (χ2n) is 3.66. The van der Waals surface area contributed by atoms with E-state index in [4.69, 9.17) is 12.2 Å². The first-order valence-corrected chi connectivity index (χ1v) is 4.70. The minimum atomic E-state index is -0.0334. The molecule has 5 heteroatoms. The third-order valence-corrected chi connectivity index (χ3v) is 2.59. The van der Waals surface area contributed by atoms with Gasteiger partial charge in [-0.3, -0.25) is 14.8 Å². The lowest BCUT2D eigenvalue weighted by atomic mass is 10.1. The molecule has 1 aliphatic heterocycles. The number of rotatable bonds is 1. The molecule has 0 spiro atoms. The molecule has 78 valence electrons. The molecule has 5 nitrogen and oxygen atoms in total. The van der Waals surface area contributed by atoms with Gasteiger partial charge in [0.15, 0.2) is 5.82 Å². The zero-order chi connectivity index (χ0) is 11.0. The van der Waals surface area contributed by atoms with Crippen LogP contribution in [-0.4, -0.2) is 22.6 Å². The minimum Gasteiger partial charge on any atom is -0.394 e. The number of nitrogens with one attached hydrogen (secondary N) is 1. The summed E-state index contributed by atoms with van der Waals surface area (Å²) in [6.07, 6.45) is 5.67. The molecule has 1 amide bonds. The molecule has 2 heterocycles. The molecule has 0 radical (unpaired) electrons. The van der Waals surface area contributed by atoms with E-state index in [-0.39, 0.29) is 11.8 Å². The first-order valence-electron chi connectivity index (χ1n) is 4.70. The number of carbonyl (C=O) groups excluding carboxylic acids is 1. The highest BCUT2D eigenvalue weighted by molar-refractivity contribution is 5.97. The Kier molecular flexibility index (Phi) is 2.12. The van der Waals surface area contributed by atoms with Crippen LogP contribution in [0.1, 0.15) is 12.1 Å². The summed E-state index contributed by atoms with van der Waals surface area (Å²) in [6, 6.07) is 0. The lowest BCUT2D eigenvalue weighted by Gasteiger charge is -2.12. The number of hydrogen-bond donors (Lipinski definition) is 2. The lowest BCUT2D eigenvalue weighted by Crippen LogP contribution is -2.25. The molecule has 0 aromatic carbocycles. The van der Waals surface area contributed by atoms with Crippen LogP contribution in [0, 0.1) is 25.2 Å². The van der Waals surface area contributed by atoms with Crippen LogP contribution >= 0.6 is 0 Å². The second kappa shape index (κ2) is 3.31. The summed E-state index contributed by atoms with van der Waals surface area (Å²) in [5.41, 5.74) is 7.07. The van der Waals surface area contributed by atoms with Crippen LogP contribution in [0.15, 0.2) is 0 Å². The van der Waals surface area contributed by atoms with Crippen LogP contribution < -0.4 is 10.6 Å². The molecule has 1 atom stereocenters. The molecular formula is C10H12N4O. The highest BCUT2D eigenvalue weighted by Gasteiger charge is 2.32. The second-order valence-corrected chi connectivity index (χ2v) is 3.66. The first kappa shape index (κ1) is 9.59. The van der Waals surface area contributed by atoms with Crippen molar-refractivity contribution in [3.8, 4) is 12.3 Å². The largest absolute Gasteiger partial charge is 0.394 e. The SMILES string of the molecule is C#CC1CC(=O)N(c2n[nH]c(C)c2N)C1. The Morgan fingerprint density at radius 1 is 1.73 bits per heavy atom. The summed E-state index contributed by atoms with van der Waals surface area (Å²) in [5, 5.41) is 6.75. The van der Waals surface area contributed by atoms with E-state index in [0.29, 0.717) is 24.5 Å². The van der Waals surface area contributed by atoms with Gasteiger partial charge in [0.2, 0.25) is 5.91 Å². The average molecular weight is 204 g/mol. The van der Waals surface area contributed by atoms with E-state index in [9.17, 15) is 4.79 Å². The van der Waals surface area contributed by atoms with Crippen LogP contribution in [0.2, 0.25) is 0 Å². The van der Waals surface area contributed by atoms with Gasteiger partial charge in [-0.05, 0) is 6.92 Å². The predicted octanol–water partition coefficient (Wildman–Crippen LogP) is 0.286. The molecule has 15 heavy (non-hydrogen) atoms. The van der Waals surface area contributed by atoms with Gasteiger partial charge in [-0.2, -0.15) is 5.10 Å². The van der Waals surface area contributed by atoms with Crippen molar-refractivity contribution in [2.45, 2.75) is 13.3 Å². The van der Waals surface area contributed by atoms with Crippen LogP contribution in [0.3, 0.4) is 0 Å². The van der Waals surface area contributed by atoms with Gasteiger partial charge in [0.25, 0.3) is 0 Å². The third kappa shape index (κ3) is 1.44. The number of amides is 1. The van der Waals surface area contributed by atoms with Gasteiger partial charge in [-0.25, -0.2) is 0 Å². The van der Waals surface area contributed by atoms with Gasteiger partial charge >= 0.3 is 0 Å². The number of nitrogens with zero attached hydrogens (tertiary/aromatic N) is 2. The fourth-order valence-electron chi connectivity index (χ4n) is 1.65. The molecule has 3 N–H and O–H groups in total. The maximum absolute atomic E-state index is 11.6. The van der Waals surface area contributed by atoms with Crippen LogP contribution in [0.25, 0.3) is 0 Å². The fourth-order valence-corrected chi connectivity index (χ4v) is 1.65. The minimum absolute atomic E-state index is 0.0175. The maximum atomic E-state index is 11.6. The van der Waals surface area contributed by atoms with E-state index in [2.05, 4.69) is 16.1 Å². The number of aromatic amines is 1. The van der Waals surface area contributed by atoms with Crippen molar-refractivity contribution in [3.05, 3.63) is 5.69 Å². The van der Waals surface area contributed by atoms with Crippen LogP contribution in [-0.2, 0) is 4.79 Å². The summed E-state index contributed by atoms with van der Waals surface area (Å²) >= 11 is 0. The number of aromatic nitrogens is 2. The van der Waals surface area contributed by atoms with E-state index < -0.39 is 0 Å². The van der Waals surface area contributed by atoms with E-state index in [1.54, 1.807) is 4.90 Å². The summed E-state index contributed by atoms with van der Waals surface area (Å²) in [6.45, 7) is 2.31. The normalized spacial score (nSPS) is 20.7. The number of hydrogen-bond acceptors (Lipinski definition) is 3. The monoisotopic (exact) mass is 204 g/mol. The number of H-pyrrole nitrogens is 1. The molecule has 0 bridgehead atoms. The van der Waals surface area contributed by atoms with Gasteiger partial charge in [0, 0.05) is 18.9 Å². The Hall–Kier alpha value is -1.96. The Balaban J connectivity index is 2.30. The van der Waals surface area contributed by atoms with Crippen LogP contribution in [0.4, 0.5) is 11.5 Å². The summed E-state index contributed by atoms with van der Waals surface area (Å²) in [7, 11) is 0. The third-order valence-electron chi connectivity index (χ3n) is 2.59. The lowest BCUT2D eigenvalue weighted by molar-refractivity contribution is -0.117. The van der Waals surface area contributed by atoms with Gasteiger partial charge in [0.1, 0.15) is 0 Å². The standard InChI is InChI=1S/C10H12N4O/c1-3-7-4-8(15)14(5-7)10-9(11)6(2)12-13-10/h1,7H,4-5,11H2,2H3,(H,12,13). The van der Waals surface area contributed by atoms with Crippen molar-refractivity contribution >= 4 is 17.4 Å². The van der Waals surface area contributed by atoms with E-state index >= 15 is 0 Å². The number of aryl methyl sites for hydroxylation is 1. The van der Waals surface area contributed by atoms with Crippen molar-refractivity contribution in [2.24, 2.45) is 5.92 Å². The molecule has 0 saturated carbocycles. The average Bonchev–Trinajstić information content (AvgIpc) is 2.73. The van der Waals surface area contributed by atoms with E-state index in [1.165, 1.54) is 0 Å². The molecule has 2 rings (SSSR count). The van der Waals surface area contributed by atoms with Gasteiger partial charge in [-0.1, -0.05) is 0 Å². The van der Waals surface area contributed by atoms with E-state index in [0.717, 1.165) is 5.69 Å². The molecule has 1 aromatic heterocycles. The molecular weight excluding hydrogens is 192 g/mol. The smallest absolute Gasteiger partial charge is 0.229 e. The zero-order valence-corrected chi connectivity index (χ0v) is 8.45. The van der Waals surface area contributed by atoms with Crippen molar-refractivity contribution in [1.82, 2.24) is 10.2 Å². The van der Waals surface area contributed by atoms with Crippen molar-refractivity contribution in [1.29, 1.82) is 0 Å². The fraction of sp³-hybridized carbons (Fsp3) is 0.400. The van der Waals surface area contributed by atoms with Gasteiger partial charge in [-0.15, -0.1) is 12.3 Å². The number of nitrogen functional groups attached to an aromatic ring is 1. The maximum Gasteiger partial charge on any atom is 0.229 e. The van der Waals surface area contributed by atoms with Crippen molar-refractivity contribution in [2.75, 3.05) is 17.2 Å². The highest BCUT2D eigenvalue weighted by atomic mass is 16.2. The molecule has 0 aliphatic carbocycles. The van der Waals surface area contributed by atoms with Crippen molar-refractivity contribution in [3.63, 3.8) is 0 Å². The molecule has 1 saturated heterocycles. The molecule has 1 fully saturated rings. The summed E-state index contributed by atoms with van der Waals surface area (Å²) < 4.78 is 0. The Bertz CT molecular complexity index is 443. The zero-order valence-electron chi connectivity index (χ0n) is 8.45. The predicted molar refractivity (Wildman–Crippen MR) is 57.0 cm³/mol.